The summed E-state index contributed by atoms with van der Waals surface area (Å²) in [6.45, 7) is 7.78. The fourth-order valence-corrected chi connectivity index (χ4v) is 4.11. The number of fused-ring (bicyclic) bond motifs is 1. The number of nitriles is 1. The van der Waals surface area contributed by atoms with Gasteiger partial charge in [-0.15, -0.1) is 6.42 Å². The molecule has 38 heavy (non-hydrogen) atoms. The van der Waals surface area contributed by atoms with Crippen LogP contribution in [0.1, 0.15) is 31.4 Å². The first-order valence-electron chi connectivity index (χ1n) is 12.5. The highest BCUT2D eigenvalue weighted by atomic mass is 16.5. The van der Waals surface area contributed by atoms with Crippen molar-refractivity contribution in [1.82, 2.24) is 14.9 Å². The van der Waals surface area contributed by atoms with Crippen molar-refractivity contribution >= 4 is 34.0 Å². The second kappa shape index (κ2) is 12.7. The fourth-order valence-electron chi connectivity index (χ4n) is 4.11. The first kappa shape index (κ1) is 26.6. The molecule has 1 unspecified atom stereocenters. The Morgan fingerprint density at radius 1 is 1.24 bits per heavy atom. The van der Waals surface area contributed by atoms with Crippen LogP contribution in [-0.4, -0.2) is 59.7 Å². The van der Waals surface area contributed by atoms with Gasteiger partial charge in [0.2, 0.25) is 5.91 Å². The van der Waals surface area contributed by atoms with Crippen LogP contribution >= 0.6 is 0 Å². The molecule has 1 aliphatic heterocycles. The molecule has 4 rings (SSSR count). The molecular weight excluding hydrogens is 480 g/mol. The highest BCUT2D eigenvalue weighted by Gasteiger charge is 2.21. The van der Waals surface area contributed by atoms with E-state index in [0.29, 0.717) is 64.7 Å². The second-order valence-corrected chi connectivity index (χ2v) is 8.75. The third-order valence-electron chi connectivity index (χ3n) is 6.19. The van der Waals surface area contributed by atoms with E-state index in [1.54, 1.807) is 30.3 Å². The number of anilines is 3. The number of hydrogen-bond acceptors (Lipinski definition) is 8. The zero-order valence-electron chi connectivity index (χ0n) is 21.5. The van der Waals surface area contributed by atoms with Crippen molar-refractivity contribution in [3.05, 3.63) is 59.9 Å². The van der Waals surface area contributed by atoms with Gasteiger partial charge in [0.05, 0.1) is 36.1 Å². The smallest absolute Gasteiger partial charge is 0.248 e. The van der Waals surface area contributed by atoms with Gasteiger partial charge in [-0.2, -0.15) is 5.26 Å². The number of hydrogen-bond donors (Lipinski definition) is 2. The minimum atomic E-state index is -0.268. The van der Waals surface area contributed by atoms with E-state index in [0.717, 1.165) is 19.5 Å². The summed E-state index contributed by atoms with van der Waals surface area (Å²) in [5, 5.41) is 16.2. The lowest BCUT2D eigenvalue weighted by atomic mass is 10.1. The molecule has 0 spiro atoms. The Balaban J connectivity index is 1.67. The molecule has 1 aliphatic rings. The standard InChI is InChI=1S/C29H30N6O3/c1-4-20-12-21(17-30)14-22(13-20)33-29-24-15-26(34-28(36)8-7-10-35(5-2)6-3)27(16-25(24)31-19-32-29)38-23-9-11-37-18-23/h1,7-8,12-16,19,23H,5-6,9-11,18H2,2-3H3,(H,34,36)(H,31,32,33)/b8-7+. The maximum absolute atomic E-state index is 12.8. The maximum atomic E-state index is 12.8. The first-order valence-corrected chi connectivity index (χ1v) is 12.5. The van der Waals surface area contributed by atoms with Gasteiger partial charge >= 0.3 is 0 Å². The number of ether oxygens (including phenoxy) is 2. The molecule has 0 aliphatic carbocycles. The van der Waals surface area contributed by atoms with Crippen molar-refractivity contribution < 1.29 is 14.3 Å². The minimum absolute atomic E-state index is 0.114. The third-order valence-corrected chi connectivity index (χ3v) is 6.19. The molecule has 1 aromatic heterocycles. The summed E-state index contributed by atoms with van der Waals surface area (Å²) >= 11 is 0. The summed E-state index contributed by atoms with van der Waals surface area (Å²) in [6.07, 6.45) is 11.0. The Hall–Kier alpha value is -4.44. The van der Waals surface area contributed by atoms with Crippen LogP contribution in [0.25, 0.3) is 10.9 Å². The molecule has 1 atom stereocenters. The molecule has 2 heterocycles. The summed E-state index contributed by atoms with van der Waals surface area (Å²) < 4.78 is 11.7. The summed E-state index contributed by atoms with van der Waals surface area (Å²) in [4.78, 5) is 23.8. The number of nitrogens with zero attached hydrogens (tertiary/aromatic N) is 4. The van der Waals surface area contributed by atoms with Crippen LogP contribution in [0.3, 0.4) is 0 Å². The Labute approximate surface area is 222 Å². The van der Waals surface area contributed by atoms with Crippen molar-refractivity contribution in [3.63, 3.8) is 0 Å². The van der Waals surface area contributed by atoms with Gasteiger partial charge in [-0.05, 0) is 37.4 Å². The van der Waals surface area contributed by atoms with Gasteiger partial charge in [0, 0.05) is 41.7 Å². The quantitative estimate of drug-likeness (QED) is 0.308. The predicted molar refractivity (Wildman–Crippen MR) is 147 cm³/mol. The summed E-state index contributed by atoms with van der Waals surface area (Å²) in [5.74, 6) is 3.29. The predicted octanol–water partition coefficient (Wildman–Crippen LogP) is 4.23. The Kier molecular flexibility index (Phi) is 8.89. The summed E-state index contributed by atoms with van der Waals surface area (Å²) in [7, 11) is 0. The van der Waals surface area contributed by atoms with Crippen LogP contribution in [0.5, 0.6) is 5.75 Å². The van der Waals surface area contributed by atoms with E-state index in [-0.39, 0.29) is 12.0 Å². The van der Waals surface area contributed by atoms with Gasteiger partial charge < -0.3 is 25.0 Å². The molecule has 1 amide bonds. The van der Waals surface area contributed by atoms with Gasteiger partial charge in [0.1, 0.15) is 24.0 Å². The topological polar surface area (TPSA) is 112 Å². The molecule has 0 bridgehead atoms. The van der Waals surface area contributed by atoms with Gasteiger partial charge in [0.15, 0.2) is 0 Å². The number of carbonyl (C=O) groups excluding carboxylic acids is 1. The molecule has 2 aromatic carbocycles. The highest BCUT2D eigenvalue weighted by Crippen LogP contribution is 2.35. The van der Waals surface area contributed by atoms with Crippen molar-refractivity contribution in [2.24, 2.45) is 0 Å². The molecular formula is C29H30N6O3. The van der Waals surface area contributed by atoms with E-state index in [1.165, 1.54) is 12.4 Å². The molecule has 2 N–H and O–H groups in total. The second-order valence-electron chi connectivity index (χ2n) is 8.75. The Morgan fingerprint density at radius 3 is 2.76 bits per heavy atom. The zero-order valence-corrected chi connectivity index (χ0v) is 21.5. The lowest BCUT2D eigenvalue weighted by Crippen LogP contribution is -2.23. The monoisotopic (exact) mass is 510 g/mol. The lowest BCUT2D eigenvalue weighted by molar-refractivity contribution is -0.111. The van der Waals surface area contributed by atoms with E-state index in [1.807, 2.05) is 6.08 Å². The van der Waals surface area contributed by atoms with E-state index < -0.39 is 0 Å². The van der Waals surface area contributed by atoms with E-state index in [9.17, 15) is 10.1 Å². The minimum Gasteiger partial charge on any atom is -0.486 e. The third kappa shape index (κ3) is 6.65. The highest BCUT2D eigenvalue weighted by molar-refractivity contribution is 6.03. The molecule has 3 aromatic rings. The van der Waals surface area contributed by atoms with Crippen molar-refractivity contribution in [2.75, 3.05) is 43.5 Å². The van der Waals surface area contributed by atoms with Crippen LogP contribution in [0.4, 0.5) is 17.2 Å². The van der Waals surface area contributed by atoms with Gasteiger partial charge in [-0.3, -0.25) is 4.79 Å². The van der Waals surface area contributed by atoms with Gasteiger partial charge in [0.25, 0.3) is 0 Å². The van der Waals surface area contributed by atoms with Crippen LogP contribution in [0.15, 0.2) is 48.8 Å². The van der Waals surface area contributed by atoms with Crippen LogP contribution in [-0.2, 0) is 9.53 Å². The van der Waals surface area contributed by atoms with Gasteiger partial charge in [-0.1, -0.05) is 25.8 Å². The molecule has 0 saturated carbocycles. The fraction of sp³-hybridized carbons (Fsp3) is 0.310. The van der Waals surface area contributed by atoms with Crippen molar-refractivity contribution in [3.8, 4) is 24.2 Å². The van der Waals surface area contributed by atoms with Gasteiger partial charge in [-0.25, -0.2) is 9.97 Å². The molecule has 0 radical (unpaired) electrons. The Morgan fingerprint density at radius 2 is 2.05 bits per heavy atom. The van der Waals surface area contributed by atoms with Crippen molar-refractivity contribution in [1.29, 1.82) is 5.26 Å². The maximum Gasteiger partial charge on any atom is 0.248 e. The number of amides is 1. The van der Waals surface area contributed by atoms with E-state index in [2.05, 4.69) is 51.3 Å². The van der Waals surface area contributed by atoms with Crippen LogP contribution in [0.2, 0.25) is 0 Å². The first-order chi connectivity index (χ1) is 18.5. The zero-order chi connectivity index (χ0) is 26.9. The molecule has 194 valence electrons. The largest absolute Gasteiger partial charge is 0.486 e. The molecule has 1 fully saturated rings. The summed E-state index contributed by atoms with van der Waals surface area (Å²) in [5.41, 5.74) is 2.74. The number of benzene rings is 2. The average molecular weight is 511 g/mol. The molecule has 9 nitrogen and oxygen atoms in total. The number of terminal acetylenes is 1. The SMILES string of the molecule is C#Cc1cc(C#N)cc(Nc2ncnc3cc(OC4CCOC4)c(NC(=O)/C=C/CN(CC)CC)cc23)c1. The number of carbonyl (C=O) groups is 1. The summed E-state index contributed by atoms with van der Waals surface area (Å²) in [6, 6.07) is 10.8. The number of aromatic nitrogens is 2. The van der Waals surface area contributed by atoms with Crippen molar-refractivity contribution in [2.45, 2.75) is 26.4 Å². The van der Waals surface area contributed by atoms with E-state index >= 15 is 0 Å². The normalized spacial score (nSPS) is 14.9. The number of likely N-dealkylation sites (N-methyl/N-ethyl adjacent to an activating group) is 1. The van der Waals surface area contributed by atoms with E-state index in [4.69, 9.17) is 15.9 Å². The van der Waals surface area contributed by atoms with Crippen LogP contribution in [0, 0.1) is 23.7 Å². The molecule has 9 heteroatoms. The average Bonchev–Trinajstić information content (AvgIpc) is 3.44. The molecule has 1 saturated heterocycles. The Bertz CT molecular complexity index is 1380. The van der Waals surface area contributed by atoms with Crippen LogP contribution < -0.4 is 15.4 Å². The number of rotatable bonds is 10. The lowest BCUT2D eigenvalue weighted by Gasteiger charge is -2.18. The number of nitrogens with one attached hydrogen (secondary N) is 2.